The zero-order chi connectivity index (χ0) is 26.3. The Morgan fingerprint density at radius 2 is 1.62 bits per heavy atom. The first-order valence-corrected chi connectivity index (χ1v) is 14.0. The zero-order valence-corrected chi connectivity index (χ0v) is 22.3. The molecule has 3 aromatic rings. The van der Waals surface area contributed by atoms with Gasteiger partial charge in [-0.15, -0.1) is 0 Å². The summed E-state index contributed by atoms with van der Waals surface area (Å²) >= 11 is 0. The predicted octanol–water partition coefficient (Wildman–Crippen LogP) is 4.50. The van der Waals surface area contributed by atoms with Gasteiger partial charge in [0.1, 0.15) is 6.07 Å². The van der Waals surface area contributed by atoms with Gasteiger partial charge in [-0.2, -0.15) is 5.26 Å². The fraction of sp³-hybridized carbons (Fsp3) is 0.345. The van der Waals surface area contributed by atoms with Gasteiger partial charge in [0.15, 0.2) is 0 Å². The minimum Gasteiger partial charge on any atom is -0.377 e. The topological polar surface area (TPSA) is 76.9 Å². The molecular formula is C29H34N4O3S. The second-order valence-electron chi connectivity index (χ2n) is 9.48. The van der Waals surface area contributed by atoms with Crippen LogP contribution < -0.4 is 9.21 Å². The number of nitriles is 1. The Hall–Kier alpha value is -3.38. The summed E-state index contributed by atoms with van der Waals surface area (Å²) < 4.78 is 34.8. The van der Waals surface area contributed by atoms with Crippen LogP contribution in [-0.4, -0.2) is 59.8 Å². The molecule has 4 rings (SSSR count). The number of likely N-dealkylation sites (N-methyl/N-ethyl adjacent to an activating group) is 1. The van der Waals surface area contributed by atoms with Crippen LogP contribution in [0, 0.1) is 11.3 Å². The third-order valence-corrected chi connectivity index (χ3v) is 8.35. The molecule has 0 N–H and O–H groups in total. The molecule has 0 atom stereocenters. The van der Waals surface area contributed by atoms with Crippen molar-refractivity contribution in [3.05, 3.63) is 90.0 Å². The van der Waals surface area contributed by atoms with Gasteiger partial charge in [0.05, 0.1) is 41.1 Å². The lowest BCUT2D eigenvalue weighted by Crippen LogP contribution is -2.38. The number of benzene rings is 3. The van der Waals surface area contributed by atoms with E-state index < -0.39 is 10.0 Å². The number of ether oxygens (including phenoxy) is 1. The molecular weight excluding hydrogens is 484 g/mol. The smallest absolute Gasteiger partial charge is 0.264 e. The Bertz CT molecular complexity index is 1300. The minimum atomic E-state index is -3.85. The van der Waals surface area contributed by atoms with E-state index in [2.05, 4.69) is 15.9 Å². The molecule has 0 amide bonds. The lowest BCUT2D eigenvalue weighted by molar-refractivity contribution is 0.0294. The highest BCUT2D eigenvalue weighted by molar-refractivity contribution is 7.92. The van der Waals surface area contributed by atoms with Crippen LogP contribution in [0.2, 0.25) is 0 Å². The maximum Gasteiger partial charge on any atom is 0.264 e. The fourth-order valence-electron chi connectivity index (χ4n) is 4.49. The summed E-state index contributed by atoms with van der Waals surface area (Å²) in [5, 5.41) is 10.0. The third-order valence-electron chi connectivity index (χ3n) is 6.56. The number of hydrogen-bond donors (Lipinski definition) is 0. The van der Waals surface area contributed by atoms with Crippen LogP contribution in [0.4, 0.5) is 11.4 Å². The molecule has 8 heteroatoms. The van der Waals surface area contributed by atoms with E-state index in [1.807, 2.05) is 50.5 Å². The van der Waals surface area contributed by atoms with E-state index in [0.717, 1.165) is 43.7 Å². The Morgan fingerprint density at radius 3 is 2.24 bits per heavy atom. The molecule has 0 radical (unpaired) electrons. The lowest BCUT2D eigenvalue weighted by atomic mass is 10.0. The van der Waals surface area contributed by atoms with Crippen LogP contribution in [0.5, 0.6) is 0 Å². The highest BCUT2D eigenvalue weighted by Gasteiger charge is 2.27. The van der Waals surface area contributed by atoms with Crippen molar-refractivity contribution in [3.8, 4) is 6.07 Å². The van der Waals surface area contributed by atoms with Crippen LogP contribution in [0.3, 0.4) is 0 Å². The van der Waals surface area contributed by atoms with Gasteiger partial charge in [0.25, 0.3) is 10.0 Å². The molecule has 0 saturated carbocycles. The molecule has 3 aromatic carbocycles. The van der Waals surface area contributed by atoms with Crippen molar-refractivity contribution in [2.75, 3.05) is 49.5 Å². The summed E-state index contributed by atoms with van der Waals surface area (Å²) in [5.41, 5.74) is 2.62. The maximum absolute atomic E-state index is 13.7. The average Bonchev–Trinajstić information content (AvgIpc) is 2.92. The average molecular weight is 519 g/mol. The monoisotopic (exact) mass is 518 g/mol. The molecule has 7 nitrogen and oxygen atoms in total. The number of piperidine rings is 1. The largest absolute Gasteiger partial charge is 0.377 e. The van der Waals surface area contributed by atoms with Crippen LogP contribution in [-0.2, 0) is 21.3 Å². The lowest BCUT2D eigenvalue weighted by Gasteiger charge is -2.34. The van der Waals surface area contributed by atoms with E-state index in [1.54, 1.807) is 42.5 Å². The standard InChI is InChI=1S/C29H34N4O3S/c1-31(2)19-20-36-27-15-17-32(18-16-27)29-14-13-26(21-25(29)22-30)33(23-24-9-5-3-6-10-24)37(34,35)28-11-7-4-8-12-28/h3-14,21,27H,15-20,23H2,1-2H3. The van der Waals surface area contributed by atoms with Crippen LogP contribution in [0.15, 0.2) is 83.8 Å². The second-order valence-corrected chi connectivity index (χ2v) is 11.3. The van der Waals surface area contributed by atoms with E-state index in [9.17, 15) is 13.7 Å². The van der Waals surface area contributed by atoms with Gasteiger partial charge in [-0.05, 0) is 62.8 Å². The minimum absolute atomic E-state index is 0.165. The van der Waals surface area contributed by atoms with Crippen molar-refractivity contribution in [2.45, 2.75) is 30.4 Å². The molecule has 1 fully saturated rings. The van der Waals surface area contributed by atoms with Gasteiger partial charge in [-0.1, -0.05) is 48.5 Å². The van der Waals surface area contributed by atoms with E-state index in [-0.39, 0.29) is 17.5 Å². The van der Waals surface area contributed by atoms with E-state index >= 15 is 0 Å². The first-order valence-electron chi connectivity index (χ1n) is 12.6. The molecule has 0 unspecified atom stereocenters. The van der Waals surface area contributed by atoms with Crippen molar-refractivity contribution in [3.63, 3.8) is 0 Å². The van der Waals surface area contributed by atoms with Gasteiger partial charge in [0, 0.05) is 19.6 Å². The first kappa shape index (κ1) is 26.7. The number of sulfonamides is 1. The summed E-state index contributed by atoms with van der Waals surface area (Å²) in [5.74, 6) is 0. The summed E-state index contributed by atoms with van der Waals surface area (Å²) in [4.78, 5) is 4.51. The predicted molar refractivity (Wildman–Crippen MR) is 147 cm³/mol. The zero-order valence-electron chi connectivity index (χ0n) is 21.5. The molecule has 1 aliphatic heterocycles. The van der Waals surface area contributed by atoms with Gasteiger partial charge in [-0.3, -0.25) is 4.31 Å². The number of hydrogen-bond acceptors (Lipinski definition) is 6. The number of anilines is 2. The Morgan fingerprint density at radius 1 is 0.973 bits per heavy atom. The van der Waals surface area contributed by atoms with E-state index in [1.165, 1.54) is 4.31 Å². The van der Waals surface area contributed by atoms with Crippen LogP contribution >= 0.6 is 0 Å². The molecule has 0 bridgehead atoms. The molecule has 1 heterocycles. The summed E-state index contributed by atoms with van der Waals surface area (Å²) in [7, 11) is 0.219. The molecule has 194 valence electrons. The van der Waals surface area contributed by atoms with E-state index in [4.69, 9.17) is 4.74 Å². The molecule has 0 aromatic heterocycles. The van der Waals surface area contributed by atoms with Gasteiger partial charge in [-0.25, -0.2) is 8.42 Å². The fourth-order valence-corrected chi connectivity index (χ4v) is 5.96. The normalized spacial score (nSPS) is 14.5. The highest BCUT2D eigenvalue weighted by atomic mass is 32.2. The van der Waals surface area contributed by atoms with Crippen molar-refractivity contribution < 1.29 is 13.2 Å². The Balaban J connectivity index is 1.58. The van der Waals surface area contributed by atoms with E-state index in [0.29, 0.717) is 17.9 Å². The van der Waals surface area contributed by atoms with Crippen molar-refractivity contribution >= 4 is 21.4 Å². The van der Waals surface area contributed by atoms with Gasteiger partial charge >= 0.3 is 0 Å². The van der Waals surface area contributed by atoms with Crippen molar-refractivity contribution in [1.82, 2.24) is 4.90 Å². The second kappa shape index (κ2) is 12.2. The molecule has 1 aliphatic rings. The van der Waals surface area contributed by atoms with Gasteiger partial charge in [0.2, 0.25) is 0 Å². The number of rotatable bonds is 10. The van der Waals surface area contributed by atoms with Crippen molar-refractivity contribution in [2.24, 2.45) is 0 Å². The molecule has 37 heavy (non-hydrogen) atoms. The summed E-state index contributed by atoms with van der Waals surface area (Å²) in [6.45, 7) is 3.35. The Kier molecular flexibility index (Phi) is 8.82. The first-order chi connectivity index (χ1) is 17.9. The van der Waals surface area contributed by atoms with Crippen LogP contribution in [0.25, 0.3) is 0 Å². The summed E-state index contributed by atoms with van der Waals surface area (Å²) in [6, 6.07) is 25.6. The quantitative estimate of drug-likeness (QED) is 0.393. The Labute approximate surface area is 220 Å². The van der Waals surface area contributed by atoms with Crippen LogP contribution in [0.1, 0.15) is 24.0 Å². The molecule has 0 aliphatic carbocycles. The number of nitrogens with zero attached hydrogens (tertiary/aromatic N) is 4. The SMILES string of the molecule is CN(C)CCOC1CCN(c2ccc(N(Cc3ccccc3)S(=O)(=O)c3ccccc3)cc2C#N)CC1. The third kappa shape index (κ3) is 6.69. The van der Waals surface area contributed by atoms with Crippen molar-refractivity contribution in [1.29, 1.82) is 5.26 Å². The maximum atomic E-state index is 13.7. The summed E-state index contributed by atoms with van der Waals surface area (Å²) in [6.07, 6.45) is 2.00. The molecule has 0 spiro atoms. The molecule has 1 saturated heterocycles. The van der Waals surface area contributed by atoms with Gasteiger partial charge < -0.3 is 14.5 Å². The highest BCUT2D eigenvalue weighted by Crippen LogP contribution is 2.32.